The Morgan fingerprint density at radius 2 is 1.29 bits per heavy atom. The first-order chi connectivity index (χ1) is 11.4. The highest BCUT2D eigenvalue weighted by Gasteiger charge is 2.05. The predicted molar refractivity (Wildman–Crippen MR) is 99.0 cm³/mol. The zero-order chi connectivity index (χ0) is 17.9. The summed E-state index contributed by atoms with van der Waals surface area (Å²) >= 11 is 0. The minimum atomic E-state index is -0.00870. The van der Waals surface area contributed by atoms with Crippen molar-refractivity contribution < 1.29 is 9.59 Å². The number of rotatable bonds is 4. The van der Waals surface area contributed by atoms with Gasteiger partial charge in [0.2, 0.25) is 5.91 Å². The maximum Gasteiger partial charge on any atom is 0.251 e. The van der Waals surface area contributed by atoms with Gasteiger partial charge in [-0.2, -0.15) is 0 Å². The molecule has 0 atom stereocenters. The quantitative estimate of drug-likeness (QED) is 0.888. The zero-order valence-corrected chi connectivity index (χ0v) is 14.7. The molecule has 2 N–H and O–H groups in total. The normalized spacial score (nSPS) is 9.92. The molecule has 128 valence electrons. The van der Waals surface area contributed by atoms with E-state index in [-0.39, 0.29) is 23.8 Å². The molecule has 4 nitrogen and oxygen atoms in total. The number of nitrogens with one attached hydrogen (secondary N) is 2. The van der Waals surface area contributed by atoms with Crippen molar-refractivity contribution in [3.05, 3.63) is 66.2 Å². The van der Waals surface area contributed by atoms with E-state index in [9.17, 15) is 9.59 Å². The Hall–Kier alpha value is -2.62. The summed E-state index contributed by atoms with van der Waals surface area (Å²) in [6, 6.07) is 18.9. The number of carbonyl (C=O) groups excluding carboxylic acids is 2. The molecule has 0 aliphatic carbocycles. The van der Waals surface area contributed by atoms with E-state index >= 15 is 0 Å². The first kappa shape index (κ1) is 19.4. The van der Waals surface area contributed by atoms with Crippen molar-refractivity contribution in [2.24, 2.45) is 5.92 Å². The predicted octanol–water partition coefficient (Wildman–Crippen LogP) is 4.11. The van der Waals surface area contributed by atoms with Gasteiger partial charge in [0.05, 0.1) is 0 Å². The molecule has 2 aromatic rings. The van der Waals surface area contributed by atoms with Crippen LogP contribution in [0.2, 0.25) is 0 Å². The summed E-state index contributed by atoms with van der Waals surface area (Å²) in [5, 5.41) is 5.62. The SMILES string of the molecule is CC(C)C(=O)Nc1ccccc1.CC(C)NC(=O)c1ccccc1. The van der Waals surface area contributed by atoms with E-state index in [2.05, 4.69) is 10.6 Å². The van der Waals surface area contributed by atoms with E-state index in [1.165, 1.54) is 0 Å². The summed E-state index contributed by atoms with van der Waals surface area (Å²) in [5.41, 5.74) is 1.57. The Labute approximate surface area is 144 Å². The third-order valence-corrected chi connectivity index (χ3v) is 3.02. The van der Waals surface area contributed by atoms with Crippen LogP contribution in [0.5, 0.6) is 0 Å². The van der Waals surface area contributed by atoms with Gasteiger partial charge in [0.15, 0.2) is 0 Å². The van der Waals surface area contributed by atoms with Crippen LogP contribution in [0, 0.1) is 5.92 Å². The monoisotopic (exact) mass is 326 g/mol. The summed E-state index contributed by atoms with van der Waals surface area (Å²) < 4.78 is 0. The fourth-order valence-corrected chi connectivity index (χ4v) is 1.74. The lowest BCUT2D eigenvalue weighted by Crippen LogP contribution is -2.29. The summed E-state index contributed by atoms with van der Waals surface area (Å²) in [7, 11) is 0. The van der Waals surface area contributed by atoms with Crippen molar-refractivity contribution in [1.29, 1.82) is 0 Å². The number of carbonyl (C=O) groups is 2. The highest BCUT2D eigenvalue weighted by atomic mass is 16.2. The third-order valence-electron chi connectivity index (χ3n) is 3.02. The van der Waals surface area contributed by atoms with Crippen LogP contribution >= 0.6 is 0 Å². The van der Waals surface area contributed by atoms with E-state index in [1.54, 1.807) is 12.1 Å². The van der Waals surface area contributed by atoms with Crippen molar-refractivity contribution in [3.8, 4) is 0 Å². The van der Waals surface area contributed by atoms with E-state index < -0.39 is 0 Å². The minimum absolute atomic E-state index is 0.00870. The molecule has 2 rings (SSSR count). The highest BCUT2D eigenvalue weighted by Crippen LogP contribution is 2.06. The molecule has 0 aromatic heterocycles. The lowest BCUT2D eigenvalue weighted by atomic mass is 10.2. The van der Waals surface area contributed by atoms with Gasteiger partial charge in [-0.3, -0.25) is 9.59 Å². The van der Waals surface area contributed by atoms with Crippen molar-refractivity contribution in [2.45, 2.75) is 33.7 Å². The van der Waals surface area contributed by atoms with Crippen LogP contribution in [-0.2, 0) is 4.79 Å². The Kier molecular flexibility index (Phi) is 8.26. The Morgan fingerprint density at radius 1 is 0.792 bits per heavy atom. The van der Waals surface area contributed by atoms with Gasteiger partial charge in [-0.1, -0.05) is 50.2 Å². The number of benzene rings is 2. The Morgan fingerprint density at radius 3 is 1.75 bits per heavy atom. The van der Waals surface area contributed by atoms with Crippen LogP contribution < -0.4 is 10.6 Å². The fraction of sp³-hybridized carbons (Fsp3) is 0.300. The molecule has 2 amide bonds. The van der Waals surface area contributed by atoms with Crippen LogP contribution in [-0.4, -0.2) is 17.9 Å². The fourth-order valence-electron chi connectivity index (χ4n) is 1.74. The maximum atomic E-state index is 11.3. The van der Waals surface area contributed by atoms with Gasteiger partial charge in [0.1, 0.15) is 0 Å². The van der Waals surface area contributed by atoms with Crippen LogP contribution in [0.15, 0.2) is 60.7 Å². The molecule has 0 saturated carbocycles. The molecule has 0 radical (unpaired) electrons. The molecular formula is C20H26N2O2. The molecule has 0 aliphatic rings. The highest BCUT2D eigenvalue weighted by molar-refractivity contribution is 5.94. The molecular weight excluding hydrogens is 300 g/mol. The lowest BCUT2D eigenvalue weighted by Gasteiger charge is -2.07. The van der Waals surface area contributed by atoms with Gasteiger partial charge in [0.25, 0.3) is 5.91 Å². The number of hydrogen-bond donors (Lipinski definition) is 2. The number of para-hydroxylation sites is 1. The summed E-state index contributed by atoms with van der Waals surface area (Å²) in [4.78, 5) is 22.5. The lowest BCUT2D eigenvalue weighted by molar-refractivity contribution is -0.118. The van der Waals surface area contributed by atoms with Gasteiger partial charge >= 0.3 is 0 Å². The van der Waals surface area contributed by atoms with Crippen molar-refractivity contribution in [2.75, 3.05) is 5.32 Å². The second-order valence-corrected chi connectivity index (χ2v) is 6.00. The van der Waals surface area contributed by atoms with E-state index in [1.807, 2.05) is 76.2 Å². The zero-order valence-electron chi connectivity index (χ0n) is 14.7. The first-order valence-corrected chi connectivity index (χ1v) is 8.12. The molecule has 4 heteroatoms. The maximum absolute atomic E-state index is 11.3. The molecule has 0 unspecified atom stereocenters. The van der Waals surface area contributed by atoms with Crippen molar-refractivity contribution in [3.63, 3.8) is 0 Å². The van der Waals surface area contributed by atoms with Crippen LogP contribution in [0.25, 0.3) is 0 Å². The van der Waals surface area contributed by atoms with E-state index in [4.69, 9.17) is 0 Å². The van der Waals surface area contributed by atoms with Crippen LogP contribution in [0.4, 0.5) is 5.69 Å². The minimum Gasteiger partial charge on any atom is -0.350 e. The molecule has 0 spiro atoms. The van der Waals surface area contributed by atoms with Crippen molar-refractivity contribution >= 4 is 17.5 Å². The van der Waals surface area contributed by atoms with Gasteiger partial charge in [-0.15, -0.1) is 0 Å². The number of amides is 2. The van der Waals surface area contributed by atoms with Gasteiger partial charge in [-0.05, 0) is 38.1 Å². The van der Waals surface area contributed by atoms with Crippen molar-refractivity contribution in [1.82, 2.24) is 5.32 Å². The molecule has 24 heavy (non-hydrogen) atoms. The number of hydrogen-bond acceptors (Lipinski definition) is 2. The molecule has 0 heterocycles. The topological polar surface area (TPSA) is 58.2 Å². The second-order valence-electron chi connectivity index (χ2n) is 6.00. The van der Waals surface area contributed by atoms with Gasteiger partial charge in [0, 0.05) is 23.2 Å². The Balaban J connectivity index is 0.000000240. The largest absolute Gasteiger partial charge is 0.350 e. The summed E-state index contributed by atoms with van der Waals surface area (Å²) in [6.07, 6.45) is 0. The van der Waals surface area contributed by atoms with Gasteiger partial charge < -0.3 is 10.6 Å². The molecule has 0 fully saturated rings. The van der Waals surface area contributed by atoms with E-state index in [0.717, 1.165) is 5.69 Å². The summed E-state index contributed by atoms with van der Waals surface area (Å²) in [6.45, 7) is 7.64. The summed E-state index contributed by atoms with van der Waals surface area (Å²) in [5.74, 6) is 0.0806. The average Bonchev–Trinajstić information content (AvgIpc) is 2.56. The molecule has 2 aromatic carbocycles. The standard InChI is InChI=1S/2C10H13NO/c1-8(2)11-10(12)9-6-4-3-5-7-9;1-8(2)10(12)11-9-6-4-3-5-7-9/h2*3-8H,1-2H3,(H,11,12). The Bertz CT molecular complexity index is 623. The number of anilines is 1. The smallest absolute Gasteiger partial charge is 0.251 e. The molecule has 0 aliphatic heterocycles. The first-order valence-electron chi connectivity index (χ1n) is 8.12. The molecule has 0 bridgehead atoms. The third kappa shape index (κ3) is 7.58. The van der Waals surface area contributed by atoms with Crippen LogP contribution in [0.3, 0.4) is 0 Å². The van der Waals surface area contributed by atoms with Gasteiger partial charge in [-0.25, -0.2) is 0 Å². The van der Waals surface area contributed by atoms with E-state index in [0.29, 0.717) is 5.56 Å². The van der Waals surface area contributed by atoms with Crippen LogP contribution in [0.1, 0.15) is 38.1 Å². The second kappa shape index (κ2) is 10.2. The average molecular weight is 326 g/mol. The molecule has 0 saturated heterocycles.